The molecule has 2 heterocycles. The lowest BCUT2D eigenvalue weighted by Gasteiger charge is -2.18. The molecule has 0 aliphatic carbocycles. The molecule has 9 nitrogen and oxygen atoms in total. The molecule has 0 spiro atoms. The van der Waals surface area contributed by atoms with E-state index in [2.05, 4.69) is 15.0 Å². The number of carbonyl (C=O) groups is 1. The van der Waals surface area contributed by atoms with Crippen molar-refractivity contribution >= 4 is 49.0 Å². The van der Waals surface area contributed by atoms with Crippen molar-refractivity contribution in [3.63, 3.8) is 0 Å². The number of aromatic nitrogens is 2. The number of nitrogens with zero attached hydrogens (tertiary/aromatic N) is 2. The molecular weight excluding hydrogens is 532 g/mol. The topological polar surface area (TPSA) is 151 Å². The smallest absolute Gasteiger partial charge is 0.257 e. The van der Waals surface area contributed by atoms with Crippen molar-refractivity contribution in [2.24, 2.45) is 5.73 Å². The lowest BCUT2D eigenvalue weighted by Crippen LogP contribution is -2.30. The van der Waals surface area contributed by atoms with Crippen molar-refractivity contribution in [1.82, 2.24) is 14.7 Å². The van der Waals surface area contributed by atoms with Gasteiger partial charge in [-0.15, -0.1) is 11.3 Å². The van der Waals surface area contributed by atoms with Crippen LogP contribution in [-0.2, 0) is 16.4 Å². The van der Waals surface area contributed by atoms with Crippen LogP contribution in [0.1, 0.15) is 32.5 Å². The van der Waals surface area contributed by atoms with Crippen LogP contribution in [0.5, 0.6) is 0 Å². The maximum atomic E-state index is 13.6. The van der Waals surface area contributed by atoms with E-state index < -0.39 is 22.0 Å². The number of anilines is 1. The Hall–Kier alpha value is -4.45. The van der Waals surface area contributed by atoms with Crippen molar-refractivity contribution in [3.8, 4) is 0 Å². The Labute approximate surface area is 229 Å². The van der Waals surface area contributed by atoms with Crippen molar-refractivity contribution < 1.29 is 13.2 Å². The molecule has 3 aromatic carbocycles. The summed E-state index contributed by atoms with van der Waals surface area (Å²) in [5, 5.41) is 11.1. The molecule has 0 saturated heterocycles. The van der Waals surface area contributed by atoms with Crippen LogP contribution in [-0.4, -0.2) is 30.1 Å². The maximum absolute atomic E-state index is 13.6. The van der Waals surface area contributed by atoms with E-state index in [1.54, 1.807) is 48.7 Å². The minimum Gasteiger partial charge on any atom is -0.384 e. The zero-order valence-corrected chi connectivity index (χ0v) is 22.2. The van der Waals surface area contributed by atoms with E-state index in [9.17, 15) is 13.2 Å². The summed E-state index contributed by atoms with van der Waals surface area (Å²) in [5.41, 5.74) is 8.48. The quantitative estimate of drug-likeness (QED) is 0.155. The van der Waals surface area contributed by atoms with E-state index in [4.69, 9.17) is 16.1 Å². The number of pyridine rings is 1. The van der Waals surface area contributed by atoms with Crippen LogP contribution < -0.4 is 15.8 Å². The van der Waals surface area contributed by atoms with Gasteiger partial charge in [0.2, 0.25) is 10.0 Å². The molecule has 0 fully saturated rings. The number of fused-ring (bicyclic) bond motifs is 1. The number of thiazole rings is 1. The van der Waals surface area contributed by atoms with Crippen molar-refractivity contribution in [3.05, 3.63) is 119 Å². The predicted octanol–water partition coefficient (Wildman–Crippen LogP) is 4.49. The molecule has 1 amide bonds. The van der Waals surface area contributed by atoms with E-state index in [-0.39, 0.29) is 17.2 Å². The molecule has 0 radical (unpaired) electrons. The highest BCUT2D eigenvalue weighted by atomic mass is 32.2. The number of hydrogen-bond donors (Lipinski definition) is 4. The van der Waals surface area contributed by atoms with Gasteiger partial charge in [0.1, 0.15) is 10.8 Å². The number of carbonyl (C=O) groups excluding carboxylic acids is 1. The summed E-state index contributed by atoms with van der Waals surface area (Å²) in [6.45, 7) is 0. The second kappa shape index (κ2) is 11.1. The minimum atomic E-state index is -4.03. The van der Waals surface area contributed by atoms with Crippen molar-refractivity contribution in [1.29, 1.82) is 5.41 Å². The number of hydrogen-bond acceptors (Lipinski definition) is 7. The lowest BCUT2D eigenvalue weighted by molar-refractivity contribution is 0.102. The summed E-state index contributed by atoms with van der Waals surface area (Å²) in [6, 6.07) is 23.4. The first kappa shape index (κ1) is 26.2. The molecule has 0 aliphatic rings. The highest BCUT2D eigenvalue weighted by Gasteiger charge is 2.25. The van der Waals surface area contributed by atoms with Gasteiger partial charge in [0.15, 0.2) is 0 Å². The Morgan fingerprint density at radius 3 is 2.54 bits per heavy atom. The zero-order chi connectivity index (χ0) is 27.4. The van der Waals surface area contributed by atoms with E-state index >= 15 is 0 Å². The maximum Gasteiger partial charge on any atom is 0.257 e. The van der Waals surface area contributed by atoms with Gasteiger partial charge in [-0.2, -0.15) is 0 Å². The average molecular weight is 557 g/mol. The third kappa shape index (κ3) is 6.17. The van der Waals surface area contributed by atoms with Crippen molar-refractivity contribution in [2.45, 2.75) is 17.4 Å². The summed E-state index contributed by atoms with van der Waals surface area (Å²) in [6.07, 6.45) is 3.28. The Bertz CT molecular complexity index is 1740. The first-order chi connectivity index (χ1) is 18.8. The standard InChI is InChI=1S/C28H24N6O3S2/c29-26(30)19-7-3-6-18(14-19)15-24(28-33-23-11-1-2-12-25(23)38-28)34-39(36,37)22-10-4-9-21(16-22)32-27(35)20-8-5-13-31-17-20/h1-14,16-17,24,34H,15H2,(H3,29,30)(H,32,35)/t24-/m1/s1. The van der Waals surface area contributed by atoms with E-state index in [0.29, 0.717) is 21.8 Å². The van der Waals surface area contributed by atoms with Gasteiger partial charge in [-0.05, 0) is 60.5 Å². The summed E-state index contributed by atoms with van der Waals surface area (Å²) < 4.78 is 30.9. The van der Waals surface area contributed by atoms with Crippen LogP contribution >= 0.6 is 11.3 Å². The molecule has 5 N–H and O–H groups in total. The minimum absolute atomic E-state index is 0.00455. The van der Waals surface area contributed by atoms with Gasteiger partial charge in [-0.3, -0.25) is 15.2 Å². The fraction of sp³-hybridized carbons (Fsp3) is 0.0714. The first-order valence-electron chi connectivity index (χ1n) is 11.9. The number of nitrogens with one attached hydrogen (secondary N) is 3. The third-order valence-corrected chi connectivity index (χ3v) is 8.53. The van der Waals surface area contributed by atoms with Crippen molar-refractivity contribution in [2.75, 3.05) is 5.32 Å². The van der Waals surface area contributed by atoms with Crippen LogP contribution in [0.2, 0.25) is 0 Å². The fourth-order valence-corrected chi connectivity index (χ4v) is 6.36. The molecule has 39 heavy (non-hydrogen) atoms. The molecule has 196 valence electrons. The number of amides is 1. The molecular formula is C28H24N6O3S2. The number of para-hydroxylation sites is 1. The second-order valence-electron chi connectivity index (χ2n) is 8.74. The van der Waals surface area contributed by atoms with Gasteiger partial charge < -0.3 is 11.1 Å². The highest BCUT2D eigenvalue weighted by Crippen LogP contribution is 2.30. The van der Waals surface area contributed by atoms with Gasteiger partial charge in [-0.25, -0.2) is 18.1 Å². The SMILES string of the molecule is N=C(N)c1cccc(C[C@@H](NS(=O)(=O)c2cccc(NC(=O)c3cccnc3)c2)c2nc3ccccc3s2)c1. The molecule has 0 unspecified atom stereocenters. The summed E-state index contributed by atoms with van der Waals surface area (Å²) >= 11 is 1.41. The molecule has 11 heteroatoms. The molecule has 0 aliphatic heterocycles. The monoisotopic (exact) mass is 556 g/mol. The predicted molar refractivity (Wildman–Crippen MR) is 152 cm³/mol. The lowest BCUT2D eigenvalue weighted by atomic mass is 10.0. The van der Waals surface area contributed by atoms with Gasteiger partial charge >= 0.3 is 0 Å². The number of sulfonamides is 1. The normalized spacial score (nSPS) is 12.2. The largest absolute Gasteiger partial charge is 0.384 e. The third-order valence-electron chi connectivity index (χ3n) is 5.91. The number of nitrogens with two attached hydrogens (primary N) is 1. The van der Waals surface area contributed by atoms with Gasteiger partial charge in [-0.1, -0.05) is 36.4 Å². The summed E-state index contributed by atoms with van der Waals surface area (Å²) in [5.74, 6) is -0.470. The Morgan fingerprint density at radius 2 is 1.77 bits per heavy atom. The van der Waals surface area contributed by atoms with Crippen LogP contribution in [0.4, 0.5) is 5.69 Å². The Balaban J connectivity index is 1.45. The Morgan fingerprint density at radius 1 is 0.974 bits per heavy atom. The number of amidine groups is 1. The first-order valence-corrected chi connectivity index (χ1v) is 14.2. The number of rotatable bonds is 9. The molecule has 2 aromatic heterocycles. The van der Waals surface area contributed by atoms with Crippen LogP contribution in [0, 0.1) is 5.41 Å². The molecule has 5 aromatic rings. The van der Waals surface area contributed by atoms with E-state index in [1.165, 1.54) is 29.7 Å². The van der Waals surface area contributed by atoms with Crippen LogP contribution in [0.25, 0.3) is 10.2 Å². The Kier molecular flexibility index (Phi) is 7.46. The second-order valence-corrected chi connectivity index (χ2v) is 11.5. The van der Waals surface area contributed by atoms with E-state index in [1.807, 2.05) is 30.3 Å². The molecule has 0 bridgehead atoms. The van der Waals surface area contributed by atoms with E-state index in [0.717, 1.165) is 15.8 Å². The molecule has 1 atom stereocenters. The zero-order valence-electron chi connectivity index (χ0n) is 20.5. The van der Waals surface area contributed by atoms with Crippen LogP contribution in [0.15, 0.2) is 102 Å². The fourth-order valence-electron chi connectivity index (χ4n) is 4.02. The van der Waals surface area contributed by atoms with Gasteiger partial charge in [0.05, 0.1) is 26.7 Å². The molecule has 5 rings (SSSR count). The number of nitrogen functional groups attached to an aromatic ring is 1. The van der Waals surface area contributed by atoms with Crippen LogP contribution in [0.3, 0.4) is 0 Å². The van der Waals surface area contributed by atoms with Gasteiger partial charge in [0.25, 0.3) is 5.91 Å². The summed E-state index contributed by atoms with van der Waals surface area (Å²) in [7, 11) is -4.03. The molecule has 0 saturated carbocycles. The summed E-state index contributed by atoms with van der Waals surface area (Å²) in [4.78, 5) is 21.2. The highest BCUT2D eigenvalue weighted by molar-refractivity contribution is 7.89. The average Bonchev–Trinajstić information content (AvgIpc) is 3.38. The van der Waals surface area contributed by atoms with Gasteiger partial charge in [0, 0.05) is 23.6 Å². The number of benzene rings is 3.